The Morgan fingerprint density at radius 2 is 1.72 bits per heavy atom. The van der Waals surface area contributed by atoms with Crippen molar-refractivity contribution in [2.75, 3.05) is 32.7 Å². The van der Waals surface area contributed by atoms with Crippen LogP contribution in [-0.4, -0.2) is 63.6 Å². The molecule has 3 aromatic rings. The number of amides is 1. The molecule has 0 atom stereocenters. The van der Waals surface area contributed by atoms with Crippen LogP contribution in [0.2, 0.25) is 0 Å². The van der Waals surface area contributed by atoms with Gasteiger partial charge in [0.15, 0.2) is 0 Å². The molecule has 0 N–H and O–H groups in total. The van der Waals surface area contributed by atoms with Gasteiger partial charge in [-0.25, -0.2) is 0 Å². The molecule has 1 aliphatic rings. The van der Waals surface area contributed by atoms with E-state index in [9.17, 15) is 4.79 Å². The van der Waals surface area contributed by atoms with E-state index in [0.29, 0.717) is 24.6 Å². The highest BCUT2D eigenvalue weighted by atomic mass is 16.5. The molecule has 0 spiro atoms. The van der Waals surface area contributed by atoms with E-state index in [4.69, 9.17) is 4.52 Å². The second-order valence-electron chi connectivity index (χ2n) is 7.21. The van der Waals surface area contributed by atoms with E-state index in [0.717, 1.165) is 44.7 Å². The molecule has 1 fully saturated rings. The standard InChI is InChI=1S/C22H25N5O2/c28-21(7-6-20-24-22(25-29-20)19-8-11-23-12-9-19)27-16-14-26(15-17-27)13-10-18-4-2-1-3-5-18/h1-5,8-9,11-12H,6-7,10,13-17H2. The smallest absolute Gasteiger partial charge is 0.227 e. The molecule has 1 aliphatic heterocycles. The summed E-state index contributed by atoms with van der Waals surface area (Å²) < 4.78 is 5.29. The number of aromatic nitrogens is 3. The minimum atomic E-state index is 0.149. The van der Waals surface area contributed by atoms with Crippen LogP contribution in [0.1, 0.15) is 17.9 Å². The van der Waals surface area contributed by atoms with Crippen LogP contribution >= 0.6 is 0 Å². The number of benzene rings is 1. The zero-order chi connectivity index (χ0) is 19.9. The van der Waals surface area contributed by atoms with Crippen molar-refractivity contribution in [1.29, 1.82) is 0 Å². The van der Waals surface area contributed by atoms with Crippen molar-refractivity contribution in [2.24, 2.45) is 0 Å². The van der Waals surface area contributed by atoms with Gasteiger partial charge in [0.2, 0.25) is 17.6 Å². The largest absolute Gasteiger partial charge is 0.340 e. The Bertz CT molecular complexity index is 905. The van der Waals surface area contributed by atoms with Crippen molar-refractivity contribution in [3.05, 3.63) is 66.3 Å². The van der Waals surface area contributed by atoms with E-state index in [1.165, 1.54) is 5.56 Å². The Balaban J connectivity index is 1.20. The summed E-state index contributed by atoms with van der Waals surface area (Å²) in [5.41, 5.74) is 2.21. The van der Waals surface area contributed by atoms with Gasteiger partial charge in [0, 0.05) is 63.5 Å². The van der Waals surface area contributed by atoms with Crippen LogP contribution in [0.3, 0.4) is 0 Å². The highest BCUT2D eigenvalue weighted by Crippen LogP contribution is 2.15. The first kappa shape index (κ1) is 19.3. The Kier molecular flexibility index (Phi) is 6.26. The second kappa shape index (κ2) is 9.43. The minimum absolute atomic E-state index is 0.149. The highest BCUT2D eigenvalue weighted by Gasteiger charge is 2.21. The molecule has 150 valence electrons. The molecule has 7 heteroatoms. The monoisotopic (exact) mass is 391 g/mol. The first-order valence-corrected chi connectivity index (χ1v) is 10.0. The quantitative estimate of drug-likeness (QED) is 0.616. The maximum Gasteiger partial charge on any atom is 0.227 e. The summed E-state index contributed by atoms with van der Waals surface area (Å²) >= 11 is 0. The van der Waals surface area contributed by atoms with Crippen molar-refractivity contribution in [3.8, 4) is 11.4 Å². The number of aryl methyl sites for hydroxylation is 1. The van der Waals surface area contributed by atoms with E-state index < -0.39 is 0 Å². The molecule has 1 amide bonds. The summed E-state index contributed by atoms with van der Waals surface area (Å²) in [7, 11) is 0. The predicted molar refractivity (Wildman–Crippen MR) is 109 cm³/mol. The van der Waals surface area contributed by atoms with Crippen molar-refractivity contribution in [2.45, 2.75) is 19.3 Å². The lowest BCUT2D eigenvalue weighted by Crippen LogP contribution is -2.49. The number of hydrogen-bond donors (Lipinski definition) is 0. The van der Waals surface area contributed by atoms with E-state index in [-0.39, 0.29) is 5.91 Å². The first-order chi connectivity index (χ1) is 14.3. The molecule has 0 radical (unpaired) electrons. The summed E-state index contributed by atoms with van der Waals surface area (Å²) in [6, 6.07) is 14.2. The van der Waals surface area contributed by atoms with E-state index in [1.54, 1.807) is 12.4 Å². The lowest BCUT2D eigenvalue weighted by molar-refractivity contribution is -0.133. The Morgan fingerprint density at radius 3 is 2.48 bits per heavy atom. The molecule has 7 nitrogen and oxygen atoms in total. The maximum absolute atomic E-state index is 12.5. The number of rotatable bonds is 7. The van der Waals surface area contributed by atoms with Crippen molar-refractivity contribution < 1.29 is 9.32 Å². The molecular formula is C22H25N5O2. The highest BCUT2D eigenvalue weighted by molar-refractivity contribution is 5.76. The summed E-state index contributed by atoms with van der Waals surface area (Å²) in [4.78, 5) is 25.3. The van der Waals surface area contributed by atoms with Crippen molar-refractivity contribution >= 4 is 5.91 Å². The molecule has 3 heterocycles. The van der Waals surface area contributed by atoms with Crippen molar-refractivity contribution in [3.63, 3.8) is 0 Å². The normalized spacial score (nSPS) is 14.8. The third-order valence-corrected chi connectivity index (χ3v) is 5.24. The summed E-state index contributed by atoms with van der Waals surface area (Å²) in [5.74, 6) is 1.17. The van der Waals surface area contributed by atoms with Crippen LogP contribution in [0.4, 0.5) is 0 Å². The molecular weight excluding hydrogens is 366 g/mol. The van der Waals surface area contributed by atoms with Gasteiger partial charge >= 0.3 is 0 Å². The topological polar surface area (TPSA) is 75.4 Å². The third-order valence-electron chi connectivity index (χ3n) is 5.24. The Morgan fingerprint density at radius 1 is 0.966 bits per heavy atom. The molecule has 0 aliphatic carbocycles. The zero-order valence-corrected chi connectivity index (χ0v) is 16.4. The van der Waals surface area contributed by atoms with Gasteiger partial charge in [0.1, 0.15) is 0 Å². The van der Waals surface area contributed by atoms with Crippen LogP contribution in [0.5, 0.6) is 0 Å². The maximum atomic E-state index is 12.5. The molecule has 29 heavy (non-hydrogen) atoms. The summed E-state index contributed by atoms with van der Waals surface area (Å²) in [6.07, 6.45) is 5.28. The molecule has 0 unspecified atom stereocenters. The van der Waals surface area contributed by atoms with Crippen LogP contribution < -0.4 is 0 Å². The molecule has 1 saturated heterocycles. The zero-order valence-electron chi connectivity index (χ0n) is 16.4. The van der Waals surface area contributed by atoms with Gasteiger partial charge in [-0.15, -0.1) is 0 Å². The predicted octanol–water partition coefficient (Wildman–Crippen LogP) is 2.45. The van der Waals surface area contributed by atoms with Gasteiger partial charge in [-0.1, -0.05) is 35.5 Å². The van der Waals surface area contributed by atoms with Gasteiger partial charge in [0.05, 0.1) is 0 Å². The SMILES string of the molecule is O=C(CCc1nc(-c2ccncc2)no1)N1CCN(CCc2ccccc2)CC1. The van der Waals surface area contributed by atoms with Gasteiger partial charge in [0.25, 0.3) is 0 Å². The van der Waals surface area contributed by atoms with Crippen molar-refractivity contribution in [1.82, 2.24) is 24.9 Å². The number of carbonyl (C=O) groups excluding carboxylic acids is 1. The number of hydrogen-bond acceptors (Lipinski definition) is 6. The van der Waals surface area contributed by atoms with E-state index in [2.05, 4.69) is 44.3 Å². The van der Waals surface area contributed by atoms with E-state index in [1.807, 2.05) is 23.1 Å². The molecule has 0 bridgehead atoms. The number of carbonyl (C=O) groups is 1. The Hall–Kier alpha value is -3.06. The van der Waals surface area contributed by atoms with Crippen LogP contribution in [0.25, 0.3) is 11.4 Å². The fraction of sp³-hybridized carbons (Fsp3) is 0.364. The third kappa shape index (κ3) is 5.26. The van der Waals surface area contributed by atoms with Gasteiger partial charge in [-0.3, -0.25) is 14.7 Å². The number of pyridine rings is 1. The summed E-state index contributed by atoms with van der Waals surface area (Å²) in [6.45, 7) is 4.43. The fourth-order valence-electron chi connectivity index (χ4n) is 3.50. The second-order valence-corrected chi connectivity index (χ2v) is 7.21. The summed E-state index contributed by atoms with van der Waals surface area (Å²) in [5, 5.41) is 3.99. The van der Waals surface area contributed by atoms with E-state index >= 15 is 0 Å². The molecule has 2 aromatic heterocycles. The average Bonchev–Trinajstić information content (AvgIpc) is 3.27. The fourth-order valence-corrected chi connectivity index (χ4v) is 3.50. The van der Waals surface area contributed by atoms with Crippen LogP contribution in [-0.2, 0) is 17.6 Å². The lowest BCUT2D eigenvalue weighted by Gasteiger charge is -2.34. The average molecular weight is 391 g/mol. The van der Waals surface area contributed by atoms with Gasteiger partial charge in [-0.2, -0.15) is 4.98 Å². The lowest BCUT2D eigenvalue weighted by atomic mass is 10.1. The van der Waals surface area contributed by atoms with Crippen LogP contribution in [0, 0.1) is 0 Å². The molecule has 4 rings (SSSR count). The number of piperazine rings is 1. The number of nitrogens with zero attached hydrogens (tertiary/aromatic N) is 5. The van der Waals surface area contributed by atoms with Gasteiger partial charge in [-0.05, 0) is 24.1 Å². The minimum Gasteiger partial charge on any atom is -0.340 e. The Labute approximate surface area is 170 Å². The van der Waals surface area contributed by atoms with Crippen LogP contribution in [0.15, 0.2) is 59.4 Å². The first-order valence-electron chi connectivity index (χ1n) is 10.0. The molecule has 0 saturated carbocycles. The van der Waals surface area contributed by atoms with Gasteiger partial charge < -0.3 is 9.42 Å². The molecule has 1 aromatic carbocycles.